The standard InChI is InChI=1S/C33H33F2N7O2.C2H6/c1-20(2)37-31(43)22-13-12-21(3)24(18-22)28-25-19-36-33(44)42(29-26(34)10-7-11-27(29)35)30(25)39-32(38-28)41-16-14-40(15-17-41)23-8-5-4-6-9-23;1-2/h4-13,18,20H,14-17,19H2,1-3H3,(H,36,44)(H,37,43);1-2H3. The molecule has 2 aliphatic rings. The van der Waals surface area contributed by atoms with E-state index < -0.39 is 23.4 Å². The average Bonchev–Trinajstić information content (AvgIpc) is 3.06. The van der Waals surface area contributed by atoms with E-state index in [2.05, 4.69) is 27.7 Å². The first-order chi connectivity index (χ1) is 22.2. The van der Waals surface area contributed by atoms with Crippen LogP contribution in [0.2, 0.25) is 0 Å². The summed E-state index contributed by atoms with van der Waals surface area (Å²) in [6.07, 6.45) is 0. The number of halogens is 2. The summed E-state index contributed by atoms with van der Waals surface area (Å²) in [4.78, 5) is 41.2. The topological polar surface area (TPSA) is 93.7 Å². The number of hydrogen-bond donors (Lipinski definition) is 2. The summed E-state index contributed by atoms with van der Waals surface area (Å²) in [5.41, 5.74) is 3.52. The van der Waals surface area contributed by atoms with Gasteiger partial charge < -0.3 is 20.4 Å². The summed E-state index contributed by atoms with van der Waals surface area (Å²) in [5.74, 6) is -1.59. The van der Waals surface area contributed by atoms with E-state index in [9.17, 15) is 9.59 Å². The van der Waals surface area contributed by atoms with Crippen LogP contribution in [0.1, 0.15) is 49.2 Å². The lowest BCUT2D eigenvalue weighted by Crippen LogP contribution is -2.48. The number of fused-ring (bicyclic) bond motifs is 1. The highest BCUT2D eigenvalue weighted by Crippen LogP contribution is 2.40. The minimum absolute atomic E-state index is 0.0417. The molecule has 11 heteroatoms. The summed E-state index contributed by atoms with van der Waals surface area (Å²) < 4.78 is 30.3. The maximum atomic E-state index is 15.1. The number of para-hydroxylation sites is 2. The van der Waals surface area contributed by atoms with E-state index in [1.807, 2.05) is 63.8 Å². The molecule has 0 spiro atoms. The van der Waals surface area contributed by atoms with Crippen molar-refractivity contribution in [3.05, 3.63) is 95.1 Å². The van der Waals surface area contributed by atoms with Crippen molar-refractivity contribution in [2.45, 2.75) is 47.2 Å². The van der Waals surface area contributed by atoms with Gasteiger partial charge in [0.2, 0.25) is 5.95 Å². The molecule has 9 nitrogen and oxygen atoms in total. The molecule has 3 aromatic carbocycles. The maximum Gasteiger partial charge on any atom is 0.328 e. The Bertz CT molecular complexity index is 1700. The number of aromatic nitrogens is 2. The van der Waals surface area contributed by atoms with Crippen LogP contribution in [0.15, 0.2) is 66.7 Å². The Morgan fingerprint density at radius 3 is 2.20 bits per heavy atom. The Hall–Kier alpha value is -5.06. The second kappa shape index (κ2) is 13.9. The van der Waals surface area contributed by atoms with Crippen molar-refractivity contribution < 1.29 is 18.4 Å². The summed E-state index contributed by atoms with van der Waals surface area (Å²) in [6, 6.07) is 18.2. The molecule has 1 fully saturated rings. The van der Waals surface area contributed by atoms with Gasteiger partial charge in [-0.2, -0.15) is 4.98 Å². The molecular formula is C35H39F2N7O2. The van der Waals surface area contributed by atoms with Crippen molar-refractivity contribution in [1.82, 2.24) is 20.6 Å². The summed E-state index contributed by atoms with van der Waals surface area (Å²) >= 11 is 0. The normalized spacial score (nSPS) is 14.3. The number of anilines is 4. The van der Waals surface area contributed by atoms with Gasteiger partial charge in [-0.1, -0.05) is 44.2 Å². The van der Waals surface area contributed by atoms with Gasteiger partial charge in [0.1, 0.15) is 17.3 Å². The van der Waals surface area contributed by atoms with E-state index in [0.717, 1.165) is 28.3 Å². The number of carbonyl (C=O) groups is 2. The molecule has 0 unspecified atom stereocenters. The molecule has 240 valence electrons. The Morgan fingerprint density at radius 1 is 0.891 bits per heavy atom. The Balaban J connectivity index is 0.00000204. The van der Waals surface area contributed by atoms with Crippen LogP contribution in [0.25, 0.3) is 11.3 Å². The molecule has 4 aromatic rings. The Labute approximate surface area is 268 Å². The lowest BCUT2D eigenvalue weighted by Gasteiger charge is -2.37. The highest BCUT2D eigenvalue weighted by molar-refractivity contribution is 6.02. The molecule has 0 saturated carbocycles. The average molecular weight is 628 g/mol. The number of urea groups is 1. The van der Waals surface area contributed by atoms with Crippen LogP contribution in [0.3, 0.4) is 0 Å². The van der Waals surface area contributed by atoms with E-state index in [0.29, 0.717) is 54.5 Å². The van der Waals surface area contributed by atoms with Crippen LogP contribution in [-0.4, -0.2) is 54.1 Å². The third kappa shape index (κ3) is 6.49. The zero-order chi connectivity index (χ0) is 33.0. The van der Waals surface area contributed by atoms with E-state index >= 15 is 8.78 Å². The number of nitrogens with zero attached hydrogens (tertiary/aromatic N) is 5. The number of aryl methyl sites for hydroxylation is 1. The van der Waals surface area contributed by atoms with E-state index in [1.165, 1.54) is 6.07 Å². The number of carbonyl (C=O) groups excluding carboxylic acids is 2. The van der Waals surface area contributed by atoms with Crippen molar-refractivity contribution >= 4 is 35.1 Å². The third-order valence-electron chi connectivity index (χ3n) is 7.82. The molecule has 0 aliphatic carbocycles. The van der Waals surface area contributed by atoms with E-state index in [4.69, 9.17) is 9.97 Å². The van der Waals surface area contributed by atoms with Gasteiger partial charge in [0.15, 0.2) is 5.82 Å². The minimum Gasteiger partial charge on any atom is -0.368 e. The first-order valence-corrected chi connectivity index (χ1v) is 15.6. The molecule has 1 saturated heterocycles. The molecule has 6 rings (SSSR count). The second-order valence-electron chi connectivity index (χ2n) is 11.2. The fraction of sp³-hybridized carbons (Fsp3) is 0.314. The number of amides is 3. The second-order valence-corrected chi connectivity index (χ2v) is 11.2. The van der Waals surface area contributed by atoms with Crippen molar-refractivity contribution in [3.63, 3.8) is 0 Å². The molecule has 2 N–H and O–H groups in total. The summed E-state index contributed by atoms with van der Waals surface area (Å²) in [6.45, 7) is 12.3. The zero-order valence-corrected chi connectivity index (χ0v) is 26.8. The number of hydrogen-bond acceptors (Lipinski definition) is 6. The van der Waals surface area contributed by atoms with Gasteiger partial charge >= 0.3 is 6.03 Å². The SMILES string of the molecule is CC.Cc1ccc(C(=O)NC(C)C)cc1-c1nc(N2CCN(c3ccccc3)CC2)nc2c1CNC(=O)N2c1c(F)cccc1F. The van der Waals surface area contributed by atoms with Gasteiger partial charge in [-0.05, 0) is 62.7 Å². The first-order valence-electron chi connectivity index (χ1n) is 15.6. The smallest absolute Gasteiger partial charge is 0.328 e. The van der Waals surface area contributed by atoms with Crippen LogP contribution in [0.5, 0.6) is 0 Å². The lowest BCUT2D eigenvalue weighted by atomic mass is 9.97. The molecular weight excluding hydrogens is 588 g/mol. The lowest BCUT2D eigenvalue weighted by molar-refractivity contribution is 0.0943. The van der Waals surface area contributed by atoms with Crippen molar-refractivity contribution in [2.24, 2.45) is 0 Å². The van der Waals surface area contributed by atoms with Crippen molar-refractivity contribution in [3.8, 4) is 11.3 Å². The Kier molecular flexibility index (Phi) is 9.79. The van der Waals surface area contributed by atoms with Gasteiger partial charge in [0, 0.05) is 54.6 Å². The van der Waals surface area contributed by atoms with Crippen LogP contribution >= 0.6 is 0 Å². The van der Waals surface area contributed by atoms with Crippen molar-refractivity contribution in [1.29, 1.82) is 0 Å². The molecule has 2 aliphatic heterocycles. The predicted octanol–water partition coefficient (Wildman–Crippen LogP) is 6.58. The fourth-order valence-electron chi connectivity index (χ4n) is 5.59. The van der Waals surface area contributed by atoms with Gasteiger partial charge in [-0.25, -0.2) is 23.5 Å². The van der Waals surface area contributed by atoms with Gasteiger partial charge in [-0.15, -0.1) is 0 Å². The highest BCUT2D eigenvalue weighted by Gasteiger charge is 2.35. The largest absolute Gasteiger partial charge is 0.368 e. The van der Waals surface area contributed by atoms with Gasteiger partial charge in [0.25, 0.3) is 5.91 Å². The first kappa shape index (κ1) is 32.3. The molecule has 0 atom stereocenters. The predicted molar refractivity (Wildman–Crippen MR) is 178 cm³/mol. The van der Waals surface area contributed by atoms with Crippen LogP contribution < -0.4 is 25.3 Å². The third-order valence-corrected chi connectivity index (χ3v) is 7.82. The van der Waals surface area contributed by atoms with Crippen molar-refractivity contribution in [2.75, 3.05) is 40.9 Å². The quantitative estimate of drug-likeness (QED) is 0.251. The van der Waals surface area contributed by atoms with Gasteiger partial charge in [0.05, 0.1) is 12.2 Å². The highest BCUT2D eigenvalue weighted by atomic mass is 19.1. The Morgan fingerprint density at radius 2 is 1.54 bits per heavy atom. The van der Waals surface area contributed by atoms with Crippen LogP contribution in [0.4, 0.5) is 36.7 Å². The van der Waals surface area contributed by atoms with E-state index in [-0.39, 0.29) is 24.3 Å². The maximum absolute atomic E-state index is 15.1. The molecule has 3 heterocycles. The number of benzene rings is 3. The zero-order valence-electron chi connectivity index (χ0n) is 26.8. The number of rotatable bonds is 6. The molecule has 1 aromatic heterocycles. The number of nitrogens with one attached hydrogen (secondary N) is 2. The van der Waals surface area contributed by atoms with Crippen LogP contribution in [0, 0.1) is 18.6 Å². The summed E-state index contributed by atoms with van der Waals surface area (Å²) in [7, 11) is 0. The van der Waals surface area contributed by atoms with E-state index in [1.54, 1.807) is 12.1 Å². The molecule has 3 amide bonds. The number of piperazine rings is 1. The molecule has 0 bridgehead atoms. The molecule has 0 radical (unpaired) electrons. The van der Waals surface area contributed by atoms with Gasteiger partial charge in [-0.3, -0.25) is 4.79 Å². The van der Waals surface area contributed by atoms with Crippen LogP contribution in [-0.2, 0) is 6.54 Å². The molecule has 46 heavy (non-hydrogen) atoms. The fourth-order valence-corrected chi connectivity index (χ4v) is 5.59. The monoisotopic (exact) mass is 627 g/mol. The minimum atomic E-state index is -0.894. The summed E-state index contributed by atoms with van der Waals surface area (Å²) in [5, 5.41) is 5.65.